The first kappa shape index (κ1) is 13.5. The minimum absolute atomic E-state index is 0.0859. The minimum atomic E-state index is -0.0859. The number of rotatable bonds is 7. The maximum atomic E-state index is 11.7. The van der Waals surface area contributed by atoms with Gasteiger partial charge in [0.25, 0.3) is 5.91 Å². The second-order valence-electron chi connectivity index (χ2n) is 4.50. The lowest BCUT2D eigenvalue weighted by atomic mass is 10.2. The van der Waals surface area contributed by atoms with Gasteiger partial charge in [-0.05, 0) is 53.2 Å². The Morgan fingerprint density at radius 1 is 1.50 bits per heavy atom. The fraction of sp³-hybridized carbons (Fsp3) is 0.538. The van der Waals surface area contributed by atoms with Crippen molar-refractivity contribution in [2.24, 2.45) is 5.92 Å². The van der Waals surface area contributed by atoms with E-state index in [1.165, 1.54) is 12.8 Å². The molecular weight excluding hydrogens is 296 g/mol. The zero-order valence-electron chi connectivity index (χ0n) is 10.2. The highest BCUT2D eigenvalue weighted by Crippen LogP contribution is 2.28. The van der Waals surface area contributed by atoms with Crippen LogP contribution >= 0.6 is 15.9 Å². The summed E-state index contributed by atoms with van der Waals surface area (Å²) < 4.78 is 6.22. The van der Waals surface area contributed by atoms with Crippen molar-refractivity contribution in [1.82, 2.24) is 10.3 Å². The number of nitrogens with one attached hydrogen (secondary N) is 1. The molecule has 1 aromatic heterocycles. The van der Waals surface area contributed by atoms with Crippen molar-refractivity contribution in [3.8, 4) is 0 Å². The van der Waals surface area contributed by atoms with E-state index in [0.717, 1.165) is 30.2 Å². The lowest BCUT2D eigenvalue weighted by molar-refractivity contribution is 0.0937. The number of carbonyl (C=O) groups excluding carboxylic acids is 1. The average molecular weight is 313 g/mol. The van der Waals surface area contributed by atoms with Crippen LogP contribution in [-0.4, -0.2) is 30.6 Å². The fourth-order valence-corrected chi connectivity index (χ4v) is 1.76. The first-order valence-corrected chi connectivity index (χ1v) is 7.02. The normalized spacial score (nSPS) is 14.5. The largest absolute Gasteiger partial charge is 0.381 e. The maximum Gasteiger partial charge on any atom is 0.252 e. The molecule has 0 unspecified atom stereocenters. The van der Waals surface area contributed by atoms with Crippen LogP contribution in [0.1, 0.15) is 29.6 Å². The highest BCUT2D eigenvalue weighted by Gasteiger charge is 2.20. The third kappa shape index (κ3) is 4.74. The molecule has 1 aliphatic carbocycles. The zero-order valence-corrected chi connectivity index (χ0v) is 11.8. The number of carbonyl (C=O) groups is 1. The molecular formula is C13H17BrN2O2. The molecule has 2 rings (SSSR count). The molecule has 0 atom stereocenters. The number of pyridine rings is 1. The van der Waals surface area contributed by atoms with Crippen molar-refractivity contribution in [3.05, 3.63) is 28.5 Å². The van der Waals surface area contributed by atoms with Gasteiger partial charge in [-0.1, -0.05) is 0 Å². The van der Waals surface area contributed by atoms with Crippen molar-refractivity contribution < 1.29 is 9.53 Å². The second kappa shape index (κ2) is 6.85. The molecule has 1 saturated carbocycles. The summed E-state index contributed by atoms with van der Waals surface area (Å²) in [6.45, 7) is 2.24. The van der Waals surface area contributed by atoms with Crippen LogP contribution in [-0.2, 0) is 4.74 Å². The Kier molecular flexibility index (Phi) is 5.13. The van der Waals surface area contributed by atoms with E-state index in [9.17, 15) is 4.79 Å². The van der Waals surface area contributed by atoms with E-state index in [-0.39, 0.29) is 5.91 Å². The van der Waals surface area contributed by atoms with Crippen LogP contribution in [0.4, 0.5) is 0 Å². The minimum Gasteiger partial charge on any atom is -0.381 e. The monoisotopic (exact) mass is 312 g/mol. The van der Waals surface area contributed by atoms with Crippen LogP contribution in [0.3, 0.4) is 0 Å². The fourth-order valence-electron chi connectivity index (χ4n) is 1.52. The summed E-state index contributed by atoms with van der Waals surface area (Å²) in [4.78, 5) is 15.7. The summed E-state index contributed by atoms with van der Waals surface area (Å²) in [5.41, 5.74) is 0.581. The third-order valence-corrected chi connectivity index (χ3v) is 3.26. The van der Waals surface area contributed by atoms with Gasteiger partial charge in [0.1, 0.15) is 4.60 Å². The van der Waals surface area contributed by atoms with Gasteiger partial charge in [0.05, 0.1) is 5.56 Å². The summed E-state index contributed by atoms with van der Waals surface area (Å²) in [5, 5.41) is 2.85. The first-order chi connectivity index (χ1) is 8.75. The molecule has 1 aromatic rings. The van der Waals surface area contributed by atoms with Crippen LogP contribution in [0.15, 0.2) is 22.9 Å². The van der Waals surface area contributed by atoms with E-state index in [4.69, 9.17) is 4.74 Å². The standard InChI is InChI=1S/C13H17BrN2O2/c14-12-5-4-11(8-16-12)13(17)15-6-1-7-18-9-10-2-3-10/h4-5,8,10H,1-3,6-7,9H2,(H,15,17). The van der Waals surface area contributed by atoms with Crippen molar-refractivity contribution in [2.75, 3.05) is 19.8 Å². The van der Waals surface area contributed by atoms with Crippen LogP contribution in [0.2, 0.25) is 0 Å². The van der Waals surface area contributed by atoms with Gasteiger partial charge < -0.3 is 10.1 Å². The van der Waals surface area contributed by atoms with Gasteiger partial charge in [-0.25, -0.2) is 4.98 Å². The molecule has 0 saturated heterocycles. The van der Waals surface area contributed by atoms with E-state index in [0.29, 0.717) is 12.1 Å². The lowest BCUT2D eigenvalue weighted by Crippen LogP contribution is -2.25. The molecule has 4 nitrogen and oxygen atoms in total. The Balaban J connectivity index is 1.57. The van der Waals surface area contributed by atoms with Gasteiger partial charge >= 0.3 is 0 Å². The van der Waals surface area contributed by atoms with Crippen LogP contribution in [0.25, 0.3) is 0 Å². The number of halogens is 1. The highest BCUT2D eigenvalue weighted by molar-refractivity contribution is 9.10. The molecule has 1 fully saturated rings. The molecule has 1 aliphatic rings. The first-order valence-electron chi connectivity index (χ1n) is 6.23. The average Bonchev–Trinajstić information content (AvgIpc) is 3.18. The topological polar surface area (TPSA) is 51.2 Å². The number of hydrogen-bond acceptors (Lipinski definition) is 3. The predicted molar refractivity (Wildman–Crippen MR) is 72.4 cm³/mol. The molecule has 1 N–H and O–H groups in total. The molecule has 0 aromatic carbocycles. The Morgan fingerprint density at radius 2 is 2.33 bits per heavy atom. The Morgan fingerprint density at radius 3 is 3.00 bits per heavy atom. The Bertz CT molecular complexity index is 390. The number of aromatic nitrogens is 1. The molecule has 0 aliphatic heterocycles. The van der Waals surface area contributed by atoms with Gasteiger partial charge in [0, 0.05) is 26.0 Å². The molecule has 5 heteroatoms. The van der Waals surface area contributed by atoms with Crippen molar-refractivity contribution >= 4 is 21.8 Å². The molecule has 0 spiro atoms. The molecule has 98 valence electrons. The van der Waals surface area contributed by atoms with Crippen molar-refractivity contribution in [3.63, 3.8) is 0 Å². The molecule has 0 radical (unpaired) electrons. The van der Waals surface area contributed by atoms with Gasteiger partial charge in [-0.2, -0.15) is 0 Å². The maximum absolute atomic E-state index is 11.7. The van der Waals surface area contributed by atoms with Crippen molar-refractivity contribution in [2.45, 2.75) is 19.3 Å². The SMILES string of the molecule is O=C(NCCCOCC1CC1)c1ccc(Br)nc1. The summed E-state index contributed by atoms with van der Waals surface area (Å²) in [6, 6.07) is 3.50. The quantitative estimate of drug-likeness (QED) is 0.621. The van der Waals surface area contributed by atoms with Gasteiger partial charge in [0.15, 0.2) is 0 Å². The van der Waals surface area contributed by atoms with Gasteiger partial charge in [-0.15, -0.1) is 0 Å². The summed E-state index contributed by atoms with van der Waals surface area (Å²) >= 11 is 3.23. The lowest BCUT2D eigenvalue weighted by Gasteiger charge is -2.05. The summed E-state index contributed by atoms with van der Waals surface area (Å²) in [6.07, 6.45) is 5.03. The van der Waals surface area contributed by atoms with Crippen LogP contribution < -0.4 is 5.32 Å². The van der Waals surface area contributed by atoms with Crippen molar-refractivity contribution in [1.29, 1.82) is 0 Å². The van der Waals surface area contributed by atoms with E-state index in [2.05, 4.69) is 26.2 Å². The highest BCUT2D eigenvalue weighted by atomic mass is 79.9. The zero-order chi connectivity index (χ0) is 12.8. The molecule has 1 heterocycles. The van der Waals surface area contributed by atoms with E-state index in [1.54, 1.807) is 18.3 Å². The summed E-state index contributed by atoms with van der Waals surface area (Å²) in [5.74, 6) is 0.714. The van der Waals surface area contributed by atoms with E-state index >= 15 is 0 Å². The molecule has 18 heavy (non-hydrogen) atoms. The Labute approximate surface area is 115 Å². The van der Waals surface area contributed by atoms with Crippen LogP contribution in [0, 0.1) is 5.92 Å². The summed E-state index contributed by atoms with van der Waals surface area (Å²) in [7, 11) is 0. The predicted octanol–water partition coefficient (Wildman–Crippen LogP) is 2.39. The van der Waals surface area contributed by atoms with Gasteiger partial charge in [-0.3, -0.25) is 4.79 Å². The smallest absolute Gasteiger partial charge is 0.252 e. The molecule has 0 bridgehead atoms. The number of nitrogens with zero attached hydrogens (tertiary/aromatic N) is 1. The van der Waals surface area contributed by atoms with Crippen LogP contribution in [0.5, 0.6) is 0 Å². The van der Waals surface area contributed by atoms with E-state index < -0.39 is 0 Å². The van der Waals surface area contributed by atoms with E-state index in [1.807, 2.05) is 0 Å². The number of hydrogen-bond donors (Lipinski definition) is 1. The van der Waals surface area contributed by atoms with Gasteiger partial charge in [0.2, 0.25) is 0 Å². The number of amides is 1. The second-order valence-corrected chi connectivity index (χ2v) is 5.31. The third-order valence-electron chi connectivity index (χ3n) is 2.79. The molecule has 1 amide bonds. The Hall–Kier alpha value is -0.940. The number of ether oxygens (including phenoxy) is 1.